The van der Waals surface area contributed by atoms with Crippen molar-refractivity contribution in [1.29, 1.82) is 0 Å². The Balaban J connectivity index is 1.85. The van der Waals surface area contributed by atoms with Crippen LogP contribution in [0.4, 0.5) is 11.4 Å². The van der Waals surface area contributed by atoms with E-state index in [1.165, 1.54) is 7.11 Å². The maximum atomic E-state index is 12.0. The predicted octanol–water partition coefficient (Wildman–Crippen LogP) is 3.53. The van der Waals surface area contributed by atoms with Crippen molar-refractivity contribution in [2.45, 2.75) is 20.3 Å². The first-order valence-corrected chi connectivity index (χ1v) is 7.79. The van der Waals surface area contributed by atoms with Crippen molar-refractivity contribution >= 4 is 23.3 Å². The molecule has 1 amide bonds. The SMILES string of the molecule is COC(=O)c1cccc(NCCC(=O)Nc2ccc(C)cc2C)c1. The first-order valence-electron chi connectivity index (χ1n) is 7.79. The lowest BCUT2D eigenvalue weighted by molar-refractivity contribution is -0.115. The fourth-order valence-electron chi connectivity index (χ4n) is 2.36. The Morgan fingerprint density at radius 2 is 1.88 bits per heavy atom. The molecule has 5 heteroatoms. The molecule has 2 aromatic rings. The largest absolute Gasteiger partial charge is 0.465 e. The molecule has 0 saturated carbocycles. The molecule has 0 radical (unpaired) electrons. The lowest BCUT2D eigenvalue weighted by Crippen LogP contribution is -2.17. The number of ether oxygens (including phenoxy) is 1. The number of methoxy groups -OCH3 is 1. The number of amides is 1. The summed E-state index contributed by atoms with van der Waals surface area (Å²) in [6.45, 7) is 4.46. The van der Waals surface area contributed by atoms with Crippen LogP contribution in [0.25, 0.3) is 0 Å². The molecule has 0 fully saturated rings. The number of hydrogen-bond donors (Lipinski definition) is 2. The number of carbonyl (C=O) groups excluding carboxylic acids is 2. The zero-order valence-corrected chi connectivity index (χ0v) is 14.2. The molecule has 126 valence electrons. The zero-order chi connectivity index (χ0) is 17.5. The molecule has 24 heavy (non-hydrogen) atoms. The summed E-state index contributed by atoms with van der Waals surface area (Å²) in [6.07, 6.45) is 0.329. The molecule has 0 aliphatic rings. The topological polar surface area (TPSA) is 67.4 Å². The summed E-state index contributed by atoms with van der Waals surface area (Å²) in [7, 11) is 1.35. The van der Waals surface area contributed by atoms with Crippen molar-refractivity contribution in [2.24, 2.45) is 0 Å². The van der Waals surface area contributed by atoms with E-state index in [9.17, 15) is 9.59 Å². The van der Waals surface area contributed by atoms with Gasteiger partial charge >= 0.3 is 5.97 Å². The average Bonchev–Trinajstić information content (AvgIpc) is 2.57. The number of anilines is 2. The summed E-state index contributed by atoms with van der Waals surface area (Å²) >= 11 is 0. The zero-order valence-electron chi connectivity index (χ0n) is 14.2. The third-order valence-electron chi connectivity index (χ3n) is 3.62. The Labute approximate surface area is 142 Å². The van der Waals surface area contributed by atoms with Crippen molar-refractivity contribution in [1.82, 2.24) is 0 Å². The van der Waals surface area contributed by atoms with E-state index in [0.29, 0.717) is 18.5 Å². The van der Waals surface area contributed by atoms with Gasteiger partial charge in [0.15, 0.2) is 0 Å². The van der Waals surface area contributed by atoms with Crippen LogP contribution in [0.5, 0.6) is 0 Å². The van der Waals surface area contributed by atoms with Crippen molar-refractivity contribution in [3.05, 3.63) is 59.2 Å². The second-order valence-electron chi connectivity index (χ2n) is 5.62. The molecule has 0 unspecified atom stereocenters. The molecule has 0 aliphatic heterocycles. The number of aryl methyl sites for hydroxylation is 2. The highest BCUT2D eigenvalue weighted by Crippen LogP contribution is 2.16. The van der Waals surface area contributed by atoms with Gasteiger partial charge in [0.05, 0.1) is 12.7 Å². The highest BCUT2D eigenvalue weighted by Gasteiger charge is 2.07. The normalized spacial score (nSPS) is 10.1. The van der Waals surface area contributed by atoms with Gasteiger partial charge in [0.25, 0.3) is 0 Å². The van der Waals surface area contributed by atoms with Gasteiger partial charge < -0.3 is 15.4 Å². The van der Waals surface area contributed by atoms with Crippen LogP contribution >= 0.6 is 0 Å². The minimum Gasteiger partial charge on any atom is -0.465 e. The molecule has 0 aromatic heterocycles. The smallest absolute Gasteiger partial charge is 0.337 e. The fourth-order valence-corrected chi connectivity index (χ4v) is 2.36. The number of hydrogen-bond acceptors (Lipinski definition) is 4. The first-order chi connectivity index (χ1) is 11.5. The van der Waals surface area contributed by atoms with Crippen molar-refractivity contribution in [3.63, 3.8) is 0 Å². The van der Waals surface area contributed by atoms with E-state index >= 15 is 0 Å². The van der Waals surface area contributed by atoms with Gasteiger partial charge in [0.1, 0.15) is 0 Å². The van der Waals surface area contributed by atoms with Crippen molar-refractivity contribution < 1.29 is 14.3 Å². The fraction of sp³-hybridized carbons (Fsp3) is 0.263. The number of nitrogens with one attached hydrogen (secondary N) is 2. The Morgan fingerprint density at radius 1 is 1.08 bits per heavy atom. The maximum absolute atomic E-state index is 12.0. The minimum absolute atomic E-state index is 0.0569. The van der Waals surface area contributed by atoms with Gasteiger partial charge in [0.2, 0.25) is 5.91 Å². The Kier molecular flexibility index (Phi) is 5.95. The van der Waals surface area contributed by atoms with Crippen LogP contribution in [-0.4, -0.2) is 25.5 Å². The van der Waals surface area contributed by atoms with Crippen LogP contribution in [-0.2, 0) is 9.53 Å². The summed E-state index contributed by atoms with van der Waals surface area (Å²) in [5, 5.41) is 6.05. The second-order valence-corrected chi connectivity index (χ2v) is 5.62. The molecule has 2 aromatic carbocycles. The van der Waals surface area contributed by atoms with Crippen molar-refractivity contribution in [2.75, 3.05) is 24.3 Å². The third kappa shape index (κ3) is 4.84. The van der Waals surface area contributed by atoms with E-state index in [1.54, 1.807) is 18.2 Å². The lowest BCUT2D eigenvalue weighted by atomic mass is 10.1. The molecule has 0 heterocycles. The van der Waals surface area contributed by atoms with Gasteiger partial charge in [-0.15, -0.1) is 0 Å². The summed E-state index contributed by atoms with van der Waals surface area (Å²) in [6, 6.07) is 12.9. The van der Waals surface area contributed by atoms with E-state index in [1.807, 2.05) is 38.1 Å². The van der Waals surface area contributed by atoms with Gasteiger partial charge in [-0.3, -0.25) is 4.79 Å². The maximum Gasteiger partial charge on any atom is 0.337 e. The summed E-state index contributed by atoms with van der Waals surface area (Å²) in [5.41, 5.74) is 4.29. The summed E-state index contributed by atoms with van der Waals surface area (Å²) < 4.78 is 4.69. The summed E-state index contributed by atoms with van der Waals surface area (Å²) in [4.78, 5) is 23.5. The third-order valence-corrected chi connectivity index (χ3v) is 3.62. The van der Waals surface area contributed by atoms with E-state index in [-0.39, 0.29) is 11.9 Å². The Hall–Kier alpha value is -2.82. The molecular weight excluding hydrogens is 304 g/mol. The minimum atomic E-state index is -0.383. The average molecular weight is 326 g/mol. The number of benzene rings is 2. The van der Waals surface area contributed by atoms with E-state index in [0.717, 1.165) is 22.5 Å². The second kappa shape index (κ2) is 8.15. The molecule has 0 saturated heterocycles. The van der Waals surface area contributed by atoms with Crippen LogP contribution in [0, 0.1) is 13.8 Å². The van der Waals surface area contributed by atoms with Gasteiger partial charge in [-0.2, -0.15) is 0 Å². The van der Waals surface area contributed by atoms with Gasteiger partial charge in [0, 0.05) is 24.3 Å². The molecule has 5 nitrogen and oxygen atoms in total. The summed E-state index contributed by atoms with van der Waals surface area (Å²) in [5.74, 6) is -0.440. The molecule has 0 aliphatic carbocycles. The van der Waals surface area contributed by atoms with Crippen molar-refractivity contribution in [3.8, 4) is 0 Å². The van der Waals surface area contributed by atoms with Gasteiger partial charge in [-0.1, -0.05) is 23.8 Å². The monoisotopic (exact) mass is 326 g/mol. The standard InChI is InChI=1S/C19H22N2O3/c1-13-7-8-17(14(2)11-13)21-18(22)9-10-20-16-6-4-5-15(12-16)19(23)24-3/h4-8,11-12,20H,9-10H2,1-3H3,(H,21,22). The van der Waals surface area contributed by atoms with E-state index in [2.05, 4.69) is 15.4 Å². The Morgan fingerprint density at radius 3 is 2.58 bits per heavy atom. The molecule has 0 atom stereocenters. The quantitative estimate of drug-likeness (QED) is 0.797. The van der Waals surface area contributed by atoms with Crippen LogP contribution in [0.3, 0.4) is 0 Å². The molecule has 0 bridgehead atoms. The molecule has 2 rings (SSSR count). The number of esters is 1. The first kappa shape index (κ1) is 17.5. The van der Waals surface area contributed by atoms with E-state index in [4.69, 9.17) is 0 Å². The number of rotatable bonds is 6. The van der Waals surface area contributed by atoms with Gasteiger partial charge in [-0.25, -0.2) is 4.79 Å². The Bertz CT molecular complexity index is 741. The number of carbonyl (C=O) groups is 2. The predicted molar refractivity (Wildman–Crippen MR) is 95.4 cm³/mol. The molecule has 0 spiro atoms. The highest BCUT2D eigenvalue weighted by atomic mass is 16.5. The molecule has 2 N–H and O–H groups in total. The van der Waals surface area contributed by atoms with Crippen LogP contribution in [0.15, 0.2) is 42.5 Å². The van der Waals surface area contributed by atoms with Crippen LogP contribution in [0.2, 0.25) is 0 Å². The lowest BCUT2D eigenvalue weighted by Gasteiger charge is -2.10. The van der Waals surface area contributed by atoms with Gasteiger partial charge in [-0.05, 0) is 43.7 Å². The van der Waals surface area contributed by atoms with E-state index < -0.39 is 0 Å². The van der Waals surface area contributed by atoms with Crippen LogP contribution < -0.4 is 10.6 Å². The van der Waals surface area contributed by atoms with Crippen LogP contribution in [0.1, 0.15) is 27.9 Å². The molecular formula is C19H22N2O3. The highest BCUT2D eigenvalue weighted by molar-refractivity contribution is 5.92.